The molecular weight excluding hydrogens is 812 g/mol. The normalized spacial score (nSPS) is 52.0. The van der Waals surface area contributed by atoms with E-state index in [2.05, 4.69) is 33.8 Å². The summed E-state index contributed by atoms with van der Waals surface area (Å²) in [5.41, 5.74) is 2.84. The lowest BCUT2D eigenvalue weighted by molar-refractivity contribution is -0.360. The van der Waals surface area contributed by atoms with Crippen LogP contribution in [0.4, 0.5) is 0 Å². The monoisotopic (exact) mass is 884 g/mol. The van der Waals surface area contributed by atoms with Gasteiger partial charge in [0.05, 0.1) is 37.8 Å². The van der Waals surface area contributed by atoms with Crippen molar-refractivity contribution in [2.45, 2.75) is 197 Å². The lowest BCUT2D eigenvalue weighted by atomic mass is 9.47. The molecule has 0 aromatic rings. The highest BCUT2D eigenvalue weighted by atomic mass is 16.7. The zero-order chi connectivity index (χ0) is 44.6. The summed E-state index contributed by atoms with van der Waals surface area (Å²) >= 11 is 0. The molecule has 17 nitrogen and oxygen atoms in total. The number of rotatable bonds is 12. The number of aliphatic hydroxyl groups excluding tert-OH is 10. The second-order valence-corrected chi connectivity index (χ2v) is 20.4. The second-order valence-electron chi connectivity index (χ2n) is 20.4. The minimum atomic E-state index is -1.63. The van der Waals surface area contributed by atoms with E-state index >= 15 is 0 Å². The third-order valence-corrected chi connectivity index (χ3v) is 16.8. The van der Waals surface area contributed by atoms with Crippen LogP contribution in [0.1, 0.15) is 92.4 Å². The van der Waals surface area contributed by atoms with Crippen LogP contribution in [0.5, 0.6) is 0 Å². The molecule has 0 unspecified atom stereocenters. The third kappa shape index (κ3) is 8.25. The largest absolute Gasteiger partial charge is 0.494 e. The highest BCUT2D eigenvalue weighted by molar-refractivity contribution is 5.30. The molecule has 4 aliphatic carbocycles. The van der Waals surface area contributed by atoms with Crippen LogP contribution in [0.3, 0.4) is 0 Å². The molecule has 0 amide bonds. The lowest BCUT2D eigenvalue weighted by Crippen LogP contribution is -2.64. The van der Waals surface area contributed by atoms with Crippen molar-refractivity contribution in [3.8, 4) is 0 Å². The van der Waals surface area contributed by atoms with Gasteiger partial charge in [0, 0.05) is 12.3 Å². The van der Waals surface area contributed by atoms with Crippen molar-refractivity contribution in [3.63, 3.8) is 0 Å². The Kier molecular flexibility index (Phi) is 14.0. The van der Waals surface area contributed by atoms with Crippen molar-refractivity contribution >= 4 is 0 Å². The molecule has 62 heavy (non-hydrogen) atoms. The molecule has 4 heterocycles. The van der Waals surface area contributed by atoms with Crippen molar-refractivity contribution in [1.82, 2.24) is 0 Å². The van der Waals surface area contributed by atoms with Crippen LogP contribution in [0.2, 0.25) is 0 Å². The Morgan fingerprint density at radius 3 is 2.15 bits per heavy atom. The molecule has 3 saturated carbocycles. The number of ether oxygens (including phenoxy) is 7. The fourth-order valence-electron chi connectivity index (χ4n) is 13.1. The number of hydrogen-bond donors (Lipinski definition) is 10. The van der Waals surface area contributed by atoms with E-state index in [1.807, 2.05) is 0 Å². The van der Waals surface area contributed by atoms with Gasteiger partial charge in [0.25, 0.3) is 0 Å². The van der Waals surface area contributed by atoms with Gasteiger partial charge in [0.2, 0.25) is 0 Å². The summed E-state index contributed by atoms with van der Waals surface area (Å²) in [6.45, 7) is 9.88. The molecule has 0 spiro atoms. The van der Waals surface area contributed by atoms with Gasteiger partial charge in [-0.25, -0.2) is 0 Å². The Bertz CT molecular complexity index is 1630. The predicted molar refractivity (Wildman–Crippen MR) is 216 cm³/mol. The Hall–Kier alpha value is -1.36. The second kappa shape index (κ2) is 18.4. The molecule has 0 bridgehead atoms. The molecule has 8 aliphatic rings. The van der Waals surface area contributed by atoms with Gasteiger partial charge in [-0.3, -0.25) is 0 Å². The van der Waals surface area contributed by atoms with Crippen LogP contribution in [0.15, 0.2) is 23.0 Å². The first-order valence-corrected chi connectivity index (χ1v) is 23.0. The number of hydrogen-bond acceptors (Lipinski definition) is 17. The fraction of sp³-hybridized carbons (Fsp3) is 0.911. The van der Waals surface area contributed by atoms with Crippen molar-refractivity contribution in [2.24, 2.45) is 40.4 Å². The van der Waals surface area contributed by atoms with Crippen LogP contribution in [-0.4, -0.2) is 175 Å². The van der Waals surface area contributed by atoms with Crippen LogP contribution in [0.25, 0.3) is 0 Å². The van der Waals surface area contributed by atoms with Crippen molar-refractivity contribution in [2.75, 3.05) is 19.8 Å². The van der Waals surface area contributed by atoms with E-state index in [0.29, 0.717) is 30.1 Å². The Morgan fingerprint density at radius 2 is 1.42 bits per heavy atom. The minimum Gasteiger partial charge on any atom is -0.494 e. The molecule has 0 radical (unpaired) electrons. The molecule has 6 fully saturated rings. The van der Waals surface area contributed by atoms with Crippen molar-refractivity contribution < 1.29 is 84.2 Å². The molecule has 10 N–H and O–H groups in total. The molecule has 354 valence electrons. The average molecular weight is 885 g/mol. The molecule has 0 aromatic carbocycles. The van der Waals surface area contributed by atoms with E-state index in [0.717, 1.165) is 57.1 Å². The molecule has 8 rings (SSSR count). The smallest absolute Gasteiger partial charge is 0.187 e. The van der Waals surface area contributed by atoms with Gasteiger partial charge in [-0.1, -0.05) is 32.4 Å². The zero-order valence-electron chi connectivity index (χ0n) is 36.6. The van der Waals surface area contributed by atoms with Gasteiger partial charge in [0.1, 0.15) is 73.2 Å². The first-order valence-electron chi connectivity index (χ1n) is 23.0. The SMILES string of the molecule is CC1=C(CC[C@@H](C)CO[C@H]2O[C@@H](CO)[C@H](O)[C@@H](O)[C@@H]2O)O[C@@H]2C[C@H]3[C@@H]4CC=C5C[C@H](O[C@H]6O[C@@H](CO)[C@H](O[C@H]7O[C@@H](C)[C@H](O)[C@@H](O)[C@@H]7O)[C@@H](O)[C@@H]6O)CC[C@@]5(C)[C@@H]4CC[C@@]3(C)[C@H]12. The molecule has 4 aliphatic heterocycles. The maximum Gasteiger partial charge on any atom is 0.187 e. The summed E-state index contributed by atoms with van der Waals surface area (Å²) < 4.78 is 41.8. The average Bonchev–Trinajstić information content (AvgIpc) is 3.74. The van der Waals surface area contributed by atoms with E-state index in [9.17, 15) is 51.1 Å². The van der Waals surface area contributed by atoms with Crippen LogP contribution in [0, 0.1) is 40.4 Å². The maximum absolute atomic E-state index is 11.2. The molecule has 3 saturated heterocycles. The Balaban J connectivity index is 0.854. The topological polar surface area (TPSA) is 267 Å². The van der Waals surface area contributed by atoms with Crippen molar-refractivity contribution in [1.29, 1.82) is 0 Å². The van der Waals surface area contributed by atoms with Gasteiger partial charge in [0.15, 0.2) is 18.9 Å². The maximum atomic E-state index is 11.2. The first kappa shape index (κ1) is 47.1. The number of allylic oxidation sites excluding steroid dienone is 2. The summed E-state index contributed by atoms with van der Waals surface area (Å²) in [6, 6.07) is 0. The Morgan fingerprint density at radius 1 is 0.758 bits per heavy atom. The van der Waals surface area contributed by atoms with Crippen LogP contribution >= 0.6 is 0 Å². The molecule has 0 aromatic heterocycles. The lowest BCUT2D eigenvalue weighted by Gasteiger charge is -2.58. The standard InChI is InChI=1S/C45H72O17/c1-19(18-56-41-37(53)35(51)33(49)29(16-46)60-41)6-9-27-20(2)31-28(59-27)15-26-24-8-7-22-14-23(10-12-44(22,4)25(24)11-13-45(26,31)5)58-43-39(55)36(52)40(30(17-47)61-43)62-42-38(54)34(50)32(48)21(3)57-42/h7,19,21,23-26,28-43,46-55H,6,8-18H2,1-5H3/t19-,21+,23-,24-,25-,26+,28-,29+,30+,31-,32+,33+,34-,35-,36+,37+,38+,39+,40+,41+,42-,43+,44-,45-/m1/s1. The summed E-state index contributed by atoms with van der Waals surface area (Å²) in [5, 5.41) is 103. The number of fused-ring (bicyclic) bond motifs is 7. The van der Waals surface area contributed by atoms with E-state index < -0.39 is 105 Å². The van der Waals surface area contributed by atoms with E-state index in [1.165, 1.54) is 18.1 Å². The van der Waals surface area contributed by atoms with Crippen LogP contribution < -0.4 is 0 Å². The summed E-state index contributed by atoms with van der Waals surface area (Å²) in [4.78, 5) is 0. The van der Waals surface area contributed by atoms with Gasteiger partial charge in [-0.05, 0) is 105 Å². The fourth-order valence-corrected chi connectivity index (χ4v) is 13.1. The molecule has 24 atom stereocenters. The molecular formula is C45H72O17. The highest BCUT2D eigenvalue weighted by Gasteiger charge is 2.64. The Labute approximate surface area is 363 Å². The first-order chi connectivity index (χ1) is 29.4. The van der Waals surface area contributed by atoms with Gasteiger partial charge in [-0.2, -0.15) is 0 Å². The van der Waals surface area contributed by atoms with Crippen molar-refractivity contribution in [3.05, 3.63) is 23.0 Å². The molecule has 17 heteroatoms. The number of aliphatic hydroxyl groups is 10. The summed E-state index contributed by atoms with van der Waals surface area (Å²) in [5.74, 6) is 3.10. The van der Waals surface area contributed by atoms with E-state index in [1.54, 1.807) is 0 Å². The van der Waals surface area contributed by atoms with Gasteiger partial charge < -0.3 is 84.2 Å². The quantitative estimate of drug-likeness (QED) is 0.117. The summed E-state index contributed by atoms with van der Waals surface area (Å²) in [6.07, 6.45) is -9.70. The van der Waals surface area contributed by atoms with E-state index in [4.69, 9.17) is 33.2 Å². The van der Waals surface area contributed by atoms with Gasteiger partial charge in [-0.15, -0.1) is 0 Å². The van der Waals surface area contributed by atoms with E-state index in [-0.39, 0.29) is 35.6 Å². The third-order valence-electron chi connectivity index (χ3n) is 16.8. The predicted octanol–water partition coefficient (Wildman–Crippen LogP) is 0.118. The van der Waals surface area contributed by atoms with Gasteiger partial charge >= 0.3 is 0 Å². The zero-order valence-corrected chi connectivity index (χ0v) is 36.6. The summed E-state index contributed by atoms with van der Waals surface area (Å²) in [7, 11) is 0. The highest BCUT2D eigenvalue weighted by Crippen LogP contribution is 2.69. The van der Waals surface area contributed by atoms with Crippen LogP contribution in [-0.2, 0) is 33.2 Å². The minimum absolute atomic E-state index is 0.000752.